The van der Waals surface area contributed by atoms with E-state index in [0.717, 1.165) is 23.1 Å². The number of nitrogens with zero attached hydrogens (tertiary/aromatic N) is 2. The highest BCUT2D eigenvalue weighted by molar-refractivity contribution is 14.0. The predicted octanol–water partition coefficient (Wildman–Crippen LogP) is 3.90. The van der Waals surface area contributed by atoms with Crippen LogP contribution >= 0.6 is 39.9 Å². The van der Waals surface area contributed by atoms with Gasteiger partial charge in [0.05, 0.1) is 6.54 Å². The summed E-state index contributed by atoms with van der Waals surface area (Å²) in [7, 11) is 0. The van der Waals surface area contributed by atoms with E-state index in [1.54, 1.807) is 18.3 Å². The van der Waals surface area contributed by atoms with Gasteiger partial charge in [0.2, 0.25) is 0 Å². The fraction of sp³-hybridized carbons (Fsp3) is 0.294. The standard InChI is InChI=1S/C17H20BrFN4.HI/c1-2-20-17(22-10-8-15-5-3-4-9-21-15)23-12-13-11-14(18)6-7-16(13)19;/h3-7,9,11H,2,8,10,12H2,1H3,(H2,20,22,23);1H. The number of rotatable bonds is 6. The van der Waals surface area contributed by atoms with E-state index in [1.165, 1.54) is 6.07 Å². The summed E-state index contributed by atoms with van der Waals surface area (Å²) in [5, 5.41) is 6.40. The van der Waals surface area contributed by atoms with Gasteiger partial charge in [-0.25, -0.2) is 9.38 Å². The van der Waals surface area contributed by atoms with Crippen LogP contribution in [-0.2, 0) is 13.0 Å². The maximum Gasteiger partial charge on any atom is 0.191 e. The quantitative estimate of drug-likeness (QED) is 0.355. The van der Waals surface area contributed by atoms with E-state index in [9.17, 15) is 4.39 Å². The fourth-order valence-electron chi connectivity index (χ4n) is 2.03. The normalized spacial score (nSPS) is 10.9. The van der Waals surface area contributed by atoms with Crippen molar-refractivity contribution in [2.75, 3.05) is 13.1 Å². The average molecular weight is 507 g/mol. The average Bonchev–Trinajstić information content (AvgIpc) is 2.56. The molecule has 4 nitrogen and oxygen atoms in total. The maximum atomic E-state index is 13.7. The Kier molecular flexibility index (Phi) is 9.85. The molecule has 0 saturated carbocycles. The third kappa shape index (κ3) is 7.12. The molecule has 1 aromatic heterocycles. The van der Waals surface area contributed by atoms with Crippen LogP contribution in [0.4, 0.5) is 4.39 Å². The molecule has 1 heterocycles. The summed E-state index contributed by atoms with van der Waals surface area (Å²) in [6, 6.07) is 10.7. The first-order valence-corrected chi connectivity index (χ1v) is 8.34. The molecule has 0 unspecified atom stereocenters. The summed E-state index contributed by atoms with van der Waals surface area (Å²) in [6.45, 7) is 3.74. The molecule has 0 saturated heterocycles. The van der Waals surface area contributed by atoms with Crippen LogP contribution in [0.2, 0.25) is 0 Å². The molecule has 7 heteroatoms. The molecule has 130 valence electrons. The monoisotopic (exact) mass is 506 g/mol. The molecule has 0 bridgehead atoms. The number of halogens is 3. The van der Waals surface area contributed by atoms with E-state index in [1.807, 2.05) is 25.1 Å². The largest absolute Gasteiger partial charge is 0.357 e. The molecule has 0 spiro atoms. The smallest absolute Gasteiger partial charge is 0.191 e. The van der Waals surface area contributed by atoms with E-state index in [2.05, 4.69) is 36.5 Å². The Morgan fingerprint density at radius 1 is 1.25 bits per heavy atom. The Balaban J connectivity index is 0.00000288. The second-order valence-corrected chi connectivity index (χ2v) is 5.84. The van der Waals surface area contributed by atoms with Crippen LogP contribution in [0.15, 0.2) is 52.1 Å². The Labute approximate surface area is 167 Å². The SMILES string of the molecule is CCNC(=NCc1cc(Br)ccc1F)NCCc1ccccn1.I. The summed E-state index contributed by atoms with van der Waals surface area (Å²) in [4.78, 5) is 8.71. The number of nitrogens with one attached hydrogen (secondary N) is 2. The van der Waals surface area contributed by atoms with Crippen molar-refractivity contribution in [3.8, 4) is 0 Å². The molecule has 24 heavy (non-hydrogen) atoms. The summed E-state index contributed by atoms with van der Waals surface area (Å²) in [5.74, 6) is 0.420. The Morgan fingerprint density at radius 2 is 2.08 bits per heavy atom. The van der Waals surface area contributed by atoms with Crippen molar-refractivity contribution in [2.24, 2.45) is 4.99 Å². The summed E-state index contributed by atoms with van der Waals surface area (Å²) < 4.78 is 14.6. The van der Waals surface area contributed by atoms with E-state index in [-0.39, 0.29) is 36.3 Å². The molecule has 2 N–H and O–H groups in total. The zero-order chi connectivity index (χ0) is 16.5. The lowest BCUT2D eigenvalue weighted by Crippen LogP contribution is -2.38. The highest BCUT2D eigenvalue weighted by atomic mass is 127. The molecular weight excluding hydrogens is 486 g/mol. The number of pyridine rings is 1. The molecule has 0 aliphatic rings. The van der Waals surface area contributed by atoms with Gasteiger partial charge in [-0.15, -0.1) is 24.0 Å². The first-order valence-electron chi connectivity index (χ1n) is 7.55. The highest BCUT2D eigenvalue weighted by Crippen LogP contribution is 2.16. The van der Waals surface area contributed by atoms with Gasteiger partial charge < -0.3 is 10.6 Å². The number of guanidine groups is 1. The lowest BCUT2D eigenvalue weighted by atomic mass is 10.2. The van der Waals surface area contributed by atoms with Crippen molar-refractivity contribution in [1.82, 2.24) is 15.6 Å². The zero-order valence-electron chi connectivity index (χ0n) is 13.4. The summed E-state index contributed by atoms with van der Waals surface area (Å²) in [6.07, 6.45) is 2.58. The molecular formula is C17H21BrFIN4. The second-order valence-electron chi connectivity index (χ2n) is 4.93. The minimum absolute atomic E-state index is 0. The molecule has 2 rings (SSSR count). The third-order valence-corrected chi connectivity index (χ3v) is 3.65. The van der Waals surface area contributed by atoms with Crippen LogP contribution < -0.4 is 10.6 Å². The minimum Gasteiger partial charge on any atom is -0.357 e. The number of benzene rings is 1. The van der Waals surface area contributed by atoms with Gasteiger partial charge in [0.1, 0.15) is 5.82 Å². The molecule has 0 amide bonds. The lowest BCUT2D eigenvalue weighted by Gasteiger charge is -2.11. The van der Waals surface area contributed by atoms with Crippen LogP contribution in [0.3, 0.4) is 0 Å². The van der Waals surface area contributed by atoms with Crippen molar-refractivity contribution >= 4 is 45.9 Å². The fourth-order valence-corrected chi connectivity index (χ4v) is 2.43. The molecule has 1 aromatic carbocycles. The number of hydrogen-bond donors (Lipinski definition) is 2. The maximum absolute atomic E-state index is 13.7. The molecule has 0 fully saturated rings. The van der Waals surface area contributed by atoms with Crippen LogP contribution in [0.5, 0.6) is 0 Å². The Hall–Kier alpha value is -1.22. The minimum atomic E-state index is -0.249. The molecule has 0 aliphatic carbocycles. The molecule has 2 aromatic rings. The van der Waals surface area contributed by atoms with Gasteiger partial charge in [-0.1, -0.05) is 22.0 Å². The first kappa shape index (κ1) is 20.8. The molecule has 0 radical (unpaired) electrons. The van der Waals surface area contributed by atoms with Crippen LogP contribution in [0.1, 0.15) is 18.2 Å². The molecule has 0 aliphatic heterocycles. The first-order chi connectivity index (χ1) is 11.2. The Morgan fingerprint density at radius 3 is 2.79 bits per heavy atom. The van der Waals surface area contributed by atoms with Gasteiger partial charge in [0, 0.05) is 41.4 Å². The van der Waals surface area contributed by atoms with Crippen LogP contribution in [0, 0.1) is 5.82 Å². The van der Waals surface area contributed by atoms with Gasteiger partial charge in [0.15, 0.2) is 5.96 Å². The summed E-state index contributed by atoms with van der Waals surface area (Å²) >= 11 is 3.35. The van der Waals surface area contributed by atoms with E-state index >= 15 is 0 Å². The van der Waals surface area contributed by atoms with Crippen molar-refractivity contribution < 1.29 is 4.39 Å². The van der Waals surface area contributed by atoms with E-state index in [4.69, 9.17) is 0 Å². The van der Waals surface area contributed by atoms with Gasteiger partial charge in [-0.3, -0.25) is 4.98 Å². The Bertz CT molecular complexity index is 652. The van der Waals surface area contributed by atoms with Gasteiger partial charge in [-0.2, -0.15) is 0 Å². The highest BCUT2D eigenvalue weighted by Gasteiger charge is 2.03. The summed E-state index contributed by atoms with van der Waals surface area (Å²) in [5.41, 5.74) is 1.58. The van der Waals surface area contributed by atoms with E-state index < -0.39 is 0 Å². The van der Waals surface area contributed by atoms with Crippen molar-refractivity contribution in [1.29, 1.82) is 0 Å². The topological polar surface area (TPSA) is 49.3 Å². The molecule has 0 atom stereocenters. The van der Waals surface area contributed by atoms with Gasteiger partial charge >= 0.3 is 0 Å². The van der Waals surface area contributed by atoms with Crippen molar-refractivity contribution in [2.45, 2.75) is 19.9 Å². The second kappa shape index (κ2) is 11.4. The number of aromatic nitrogens is 1. The zero-order valence-corrected chi connectivity index (χ0v) is 17.3. The van der Waals surface area contributed by atoms with Gasteiger partial charge in [-0.05, 0) is 37.3 Å². The lowest BCUT2D eigenvalue weighted by molar-refractivity contribution is 0.610. The van der Waals surface area contributed by atoms with Crippen LogP contribution in [-0.4, -0.2) is 24.0 Å². The van der Waals surface area contributed by atoms with Gasteiger partial charge in [0.25, 0.3) is 0 Å². The predicted molar refractivity (Wildman–Crippen MR) is 110 cm³/mol. The van der Waals surface area contributed by atoms with Crippen molar-refractivity contribution in [3.63, 3.8) is 0 Å². The third-order valence-electron chi connectivity index (χ3n) is 3.16. The number of aliphatic imine (C=N–C) groups is 1. The van der Waals surface area contributed by atoms with Crippen molar-refractivity contribution in [3.05, 3.63) is 64.1 Å². The number of hydrogen-bond acceptors (Lipinski definition) is 2. The van der Waals surface area contributed by atoms with Crippen LogP contribution in [0.25, 0.3) is 0 Å². The van der Waals surface area contributed by atoms with E-state index in [0.29, 0.717) is 18.1 Å².